The van der Waals surface area contributed by atoms with E-state index in [0.717, 1.165) is 5.76 Å². The van der Waals surface area contributed by atoms with Crippen molar-refractivity contribution in [2.45, 2.75) is 20.5 Å². The predicted molar refractivity (Wildman–Crippen MR) is 97.9 cm³/mol. The maximum absolute atomic E-state index is 12.2. The Balaban J connectivity index is 1.66. The normalized spacial score (nSPS) is 11.1. The second-order valence-corrected chi connectivity index (χ2v) is 5.85. The number of ether oxygens (including phenoxy) is 2. The van der Waals surface area contributed by atoms with Gasteiger partial charge in [0.1, 0.15) is 28.9 Å². The van der Waals surface area contributed by atoms with Gasteiger partial charge in [-0.1, -0.05) is 12.1 Å². The van der Waals surface area contributed by atoms with Crippen LogP contribution in [0, 0.1) is 25.2 Å². The van der Waals surface area contributed by atoms with E-state index >= 15 is 0 Å². The number of aryl methyl sites for hydroxylation is 2. The summed E-state index contributed by atoms with van der Waals surface area (Å²) in [5, 5.41) is 17.0. The summed E-state index contributed by atoms with van der Waals surface area (Å²) < 4.78 is 21.1. The summed E-state index contributed by atoms with van der Waals surface area (Å²) >= 11 is 0. The maximum Gasteiger partial charge on any atom is 0.349 e. The molecule has 0 spiro atoms. The molecule has 0 radical (unpaired) electrons. The van der Waals surface area contributed by atoms with Crippen LogP contribution in [0.2, 0.25) is 0 Å². The van der Waals surface area contributed by atoms with E-state index in [1.54, 1.807) is 44.4 Å². The van der Waals surface area contributed by atoms with Crippen molar-refractivity contribution in [1.29, 1.82) is 5.26 Å². The standard InChI is InChI=1S/C20H17N3O5/c1-12-8-17(13(2)27-12)19-23-22-18(28-19)11-26-20(24)15(10-21)9-14-4-6-16(25-3)7-5-14/h4-9H,11H2,1-3H3/b15-9+. The summed E-state index contributed by atoms with van der Waals surface area (Å²) in [4.78, 5) is 12.2. The van der Waals surface area contributed by atoms with E-state index in [0.29, 0.717) is 22.6 Å². The molecule has 1 aromatic carbocycles. The SMILES string of the molecule is COc1ccc(/C=C(\C#N)C(=O)OCc2nnc(-c3cc(C)oc3C)o2)cc1. The molecule has 0 aliphatic heterocycles. The molecule has 2 heterocycles. The zero-order valence-corrected chi connectivity index (χ0v) is 15.6. The molecule has 0 atom stereocenters. The lowest BCUT2D eigenvalue weighted by Gasteiger charge is -2.02. The van der Waals surface area contributed by atoms with Crippen LogP contribution in [0.25, 0.3) is 17.5 Å². The van der Waals surface area contributed by atoms with Gasteiger partial charge < -0.3 is 18.3 Å². The lowest BCUT2D eigenvalue weighted by Crippen LogP contribution is -2.07. The van der Waals surface area contributed by atoms with Crippen molar-refractivity contribution in [3.05, 3.63) is 58.9 Å². The number of carbonyl (C=O) groups excluding carboxylic acids is 1. The molecule has 0 unspecified atom stereocenters. The number of hydrogen-bond acceptors (Lipinski definition) is 8. The fraction of sp³-hybridized carbons (Fsp3) is 0.200. The monoisotopic (exact) mass is 379 g/mol. The van der Waals surface area contributed by atoms with Gasteiger partial charge in [0.25, 0.3) is 11.8 Å². The van der Waals surface area contributed by atoms with Crippen LogP contribution in [0.15, 0.2) is 44.7 Å². The summed E-state index contributed by atoms with van der Waals surface area (Å²) in [6.45, 7) is 3.35. The number of furan rings is 1. The van der Waals surface area contributed by atoms with E-state index in [1.165, 1.54) is 6.08 Å². The number of rotatable bonds is 6. The third-order valence-electron chi connectivity index (χ3n) is 3.83. The second kappa shape index (κ2) is 8.22. The van der Waals surface area contributed by atoms with Crippen LogP contribution in [0.3, 0.4) is 0 Å². The number of nitriles is 1. The number of methoxy groups -OCH3 is 1. The van der Waals surface area contributed by atoms with Crippen LogP contribution in [0.1, 0.15) is 23.0 Å². The highest BCUT2D eigenvalue weighted by atomic mass is 16.5. The van der Waals surface area contributed by atoms with Gasteiger partial charge in [-0.2, -0.15) is 5.26 Å². The van der Waals surface area contributed by atoms with Gasteiger partial charge in [-0.15, -0.1) is 10.2 Å². The summed E-state index contributed by atoms with van der Waals surface area (Å²) in [7, 11) is 1.56. The minimum atomic E-state index is -0.784. The first-order chi connectivity index (χ1) is 13.5. The average Bonchev–Trinajstić information content (AvgIpc) is 3.30. The minimum absolute atomic E-state index is 0.114. The molecule has 3 rings (SSSR count). The van der Waals surface area contributed by atoms with Crippen LogP contribution in [0.5, 0.6) is 5.75 Å². The number of esters is 1. The highest BCUT2D eigenvalue weighted by Gasteiger charge is 2.17. The van der Waals surface area contributed by atoms with Crippen LogP contribution in [-0.4, -0.2) is 23.3 Å². The van der Waals surface area contributed by atoms with Crippen LogP contribution >= 0.6 is 0 Å². The largest absolute Gasteiger partial charge is 0.497 e. The summed E-state index contributed by atoms with van der Waals surface area (Å²) in [5.74, 6) is 1.65. The molecule has 3 aromatic rings. The van der Waals surface area contributed by atoms with Crippen molar-refractivity contribution in [1.82, 2.24) is 10.2 Å². The van der Waals surface area contributed by atoms with Gasteiger partial charge in [0.05, 0.1) is 12.7 Å². The van der Waals surface area contributed by atoms with Crippen molar-refractivity contribution in [3.63, 3.8) is 0 Å². The van der Waals surface area contributed by atoms with E-state index in [4.69, 9.17) is 18.3 Å². The molecule has 0 aliphatic carbocycles. The molecule has 28 heavy (non-hydrogen) atoms. The van der Waals surface area contributed by atoms with Gasteiger partial charge in [0, 0.05) is 0 Å². The predicted octanol–water partition coefficient (Wildman–Crippen LogP) is 3.61. The van der Waals surface area contributed by atoms with E-state index < -0.39 is 5.97 Å². The Hall–Kier alpha value is -3.86. The lowest BCUT2D eigenvalue weighted by atomic mass is 10.1. The number of hydrogen-bond donors (Lipinski definition) is 0. The Morgan fingerprint density at radius 2 is 1.96 bits per heavy atom. The number of aromatic nitrogens is 2. The first-order valence-corrected chi connectivity index (χ1v) is 8.33. The van der Waals surface area contributed by atoms with Crippen LogP contribution in [0.4, 0.5) is 0 Å². The molecule has 0 bridgehead atoms. The summed E-state index contributed by atoms with van der Waals surface area (Å²) in [5.41, 5.74) is 1.20. The number of benzene rings is 1. The van der Waals surface area contributed by atoms with Crippen LogP contribution < -0.4 is 4.74 Å². The smallest absolute Gasteiger partial charge is 0.349 e. The van der Waals surface area contributed by atoms with Gasteiger partial charge in [0.15, 0.2) is 6.61 Å². The second-order valence-electron chi connectivity index (χ2n) is 5.85. The zero-order chi connectivity index (χ0) is 20.1. The zero-order valence-electron chi connectivity index (χ0n) is 15.6. The molecule has 2 aromatic heterocycles. The van der Waals surface area contributed by atoms with E-state index in [2.05, 4.69) is 10.2 Å². The third kappa shape index (κ3) is 4.27. The Bertz CT molecular complexity index is 1050. The minimum Gasteiger partial charge on any atom is -0.497 e. The molecule has 0 saturated heterocycles. The molecule has 8 heteroatoms. The molecule has 142 valence electrons. The van der Waals surface area contributed by atoms with Crippen molar-refractivity contribution < 1.29 is 23.1 Å². The lowest BCUT2D eigenvalue weighted by molar-refractivity contribution is -0.140. The van der Waals surface area contributed by atoms with E-state index in [9.17, 15) is 10.1 Å². The van der Waals surface area contributed by atoms with Gasteiger partial charge >= 0.3 is 5.97 Å². The Morgan fingerprint density at radius 3 is 2.57 bits per heavy atom. The van der Waals surface area contributed by atoms with Crippen molar-refractivity contribution >= 4 is 12.0 Å². The summed E-state index contributed by atoms with van der Waals surface area (Å²) in [6.07, 6.45) is 1.43. The van der Waals surface area contributed by atoms with Crippen LogP contribution in [-0.2, 0) is 16.1 Å². The summed E-state index contributed by atoms with van der Waals surface area (Å²) in [6, 6.07) is 10.5. The van der Waals surface area contributed by atoms with Gasteiger partial charge in [-0.25, -0.2) is 4.79 Å². The first-order valence-electron chi connectivity index (χ1n) is 8.33. The topological polar surface area (TPSA) is 111 Å². The van der Waals surface area contributed by atoms with Gasteiger partial charge in [-0.05, 0) is 43.7 Å². The number of carbonyl (C=O) groups is 1. The Morgan fingerprint density at radius 1 is 1.21 bits per heavy atom. The highest BCUT2D eigenvalue weighted by Crippen LogP contribution is 2.25. The van der Waals surface area contributed by atoms with Gasteiger partial charge in [0.2, 0.25) is 0 Å². The molecular weight excluding hydrogens is 362 g/mol. The fourth-order valence-corrected chi connectivity index (χ4v) is 2.47. The molecule has 0 saturated carbocycles. The Labute approximate surface area is 161 Å². The highest BCUT2D eigenvalue weighted by molar-refractivity contribution is 5.97. The molecule has 0 fully saturated rings. The average molecular weight is 379 g/mol. The van der Waals surface area contributed by atoms with Crippen molar-refractivity contribution in [2.75, 3.05) is 7.11 Å². The van der Waals surface area contributed by atoms with Crippen molar-refractivity contribution in [3.8, 4) is 23.3 Å². The molecule has 0 aliphatic rings. The van der Waals surface area contributed by atoms with E-state index in [1.807, 2.05) is 13.0 Å². The van der Waals surface area contributed by atoms with Gasteiger partial charge in [-0.3, -0.25) is 0 Å². The molecule has 8 nitrogen and oxygen atoms in total. The quantitative estimate of drug-likeness (QED) is 0.363. The molecule has 0 N–H and O–H groups in total. The number of nitrogens with zero attached hydrogens (tertiary/aromatic N) is 3. The fourth-order valence-electron chi connectivity index (χ4n) is 2.47. The maximum atomic E-state index is 12.2. The molecular formula is C20H17N3O5. The van der Waals surface area contributed by atoms with E-state index in [-0.39, 0.29) is 24.0 Å². The third-order valence-corrected chi connectivity index (χ3v) is 3.83. The van der Waals surface area contributed by atoms with Crippen molar-refractivity contribution in [2.24, 2.45) is 0 Å². The first kappa shape index (κ1) is 18.9. The molecule has 0 amide bonds. The Kier molecular flexibility index (Phi) is 5.56.